The highest BCUT2D eigenvalue weighted by Crippen LogP contribution is 2.36. The molecule has 1 N–H and O–H groups in total. The molecule has 5 nitrogen and oxygen atoms in total. The van der Waals surface area contributed by atoms with Gasteiger partial charge in [-0.1, -0.05) is 11.6 Å². The van der Waals surface area contributed by atoms with Gasteiger partial charge in [-0.05, 0) is 48.9 Å². The van der Waals surface area contributed by atoms with E-state index in [1.165, 1.54) is 23.5 Å². The monoisotopic (exact) mass is 405 g/mol. The molecule has 140 valence electrons. The maximum atomic E-state index is 13.0. The average Bonchev–Trinajstić information content (AvgIpc) is 3.11. The first kappa shape index (κ1) is 19.1. The molecule has 0 saturated carbocycles. The van der Waals surface area contributed by atoms with Gasteiger partial charge >= 0.3 is 0 Å². The highest BCUT2D eigenvalue weighted by molar-refractivity contribution is 7.14. The number of rotatable bonds is 7. The molecule has 0 unspecified atom stereocenters. The molecule has 8 heteroatoms. The molecule has 2 aromatic carbocycles. The van der Waals surface area contributed by atoms with Gasteiger partial charge in [-0.3, -0.25) is 5.43 Å². The Labute approximate surface area is 165 Å². The second kappa shape index (κ2) is 8.83. The molecule has 0 spiro atoms. The molecule has 3 aromatic rings. The van der Waals surface area contributed by atoms with Crippen molar-refractivity contribution in [1.29, 1.82) is 0 Å². The highest BCUT2D eigenvalue weighted by atomic mass is 35.5. The fourth-order valence-corrected chi connectivity index (χ4v) is 3.33. The smallest absolute Gasteiger partial charge is 0.203 e. The molecule has 27 heavy (non-hydrogen) atoms. The van der Waals surface area contributed by atoms with Crippen molar-refractivity contribution >= 4 is 34.3 Å². The minimum absolute atomic E-state index is 0.276. The number of nitrogens with one attached hydrogen (secondary N) is 1. The molecule has 0 radical (unpaired) electrons. The number of hydrazone groups is 1. The molecule has 0 aliphatic rings. The van der Waals surface area contributed by atoms with E-state index < -0.39 is 0 Å². The second-order valence-electron chi connectivity index (χ2n) is 5.38. The number of hydrogen-bond acceptors (Lipinski definition) is 6. The van der Waals surface area contributed by atoms with Crippen molar-refractivity contribution < 1.29 is 13.9 Å². The number of halogens is 2. The molecule has 3 rings (SSSR count). The fraction of sp³-hybridized carbons (Fsp3) is 0.158. The van der Waals surface area contributed by atoms with Gasteiger partial charge in [0, 0.05) is 10.9 Å². The van der Waals surface area contributed by atoms with Gasteiger partial charge in [-0.2, -0.15) is 5.10 Å². The molecule has 1 aromatic heterocycles. The van der Waals surface area contributed by atoms with E-state index in [0.29, 0.717) is 28.3 Å². The summed E-state index contributed by atoms with van der Waals surface area (Å²) in [6, 6.07) is 9.72. The maximum absolute atomic E-state index is 13.0. The van der Waals surface area contributed by atoms with Gasteiger partial charge in [0.05, 0.1) is 30.6 Å². The van der Waals surface area contributed by atoms with E-state index in [4.69, 9.17) is 21.1 Å². The van der Waals surface area contributed by atoms with Gasteiger partial charge in [0.2, 0.25) is 5.13 Å². The van der Waals surface area contributed by atoms with Crippen molar-refractivity contribution in [3.8, 4) is 22.8 Å². The largest absolute Gasteiger partial charge is 0.491 e. The number of nitrogens with zero attached hydrogens (tertiary/aromatic N) is 2. The van der Waals surface area contributed by atoms with Crippen LogP contribution in [-0.4, -0.2) is 24.9 Å². The first-order valence-electron chi connectivity index (χ1n) is 8.11. The van der Waals surface area contributed by atoms with Gasteiger partial charge in [-0.25, -0.2) is 9.37 Å². The van der Waals surface area contributed by atoms with Crippen LogP contribution in [0.3, 0.4) is 0 Å². The summed E-state index contributed by atoms with van der Waals surface area (Å²) in [6.07, 6.45) is 1.62. The summed E-state index contributed by atoms with van der Waals surface area (Å²) < 4.78 is 23.8. The van der Waals surface area contributed by atoms with Crippen molar-refractivity contribution in [2.45, 2.75) is 6.92 Å². The lowest BCUT2D eigenvalue weighted by Crippen LogP contribution is -1.98. The highest BCUT2D eigenvalue weighted by Gasteiger charge is 2.10. The van der Waals surface area contributed by atoms with E-state index in [1.54, 1.807) is 37.6 Å². The van der Waals surface area contributed by atoms with Gasteiger partial charge < -0.3 is 9.47 Å². The third-order valence-electron chi connectivity index (χ3n) is 3.55. The molecule has 0 atom stereocenters. The van der Waals surface area contributed by atoms with Crippen LogP contribution in [0, 0.1) is 5.82 Å². The van der Waals surface area contributed by atoms with E-state index >= 15 is 0 Å². The zero-order valence-corrected chi connectivity index (χ0v) is 16.3. The van der Waals surface area contributed by atoms with Crippen LogP contribution in [0.5, 0.6) is 11.5 Å². The quantitative estimate of drug-likeness (QED) is 0.419. The summed E-state index contributed by atoms with van der Waals surface area (Å²) in [6.45, 7) is 2.38. The first-order chi connectivity index (χ1) is 13.1. The van der Waals surface area contributed by atoms with Crippen LogP contribution >= 0.6 is 22.9 Å². The zero-order valence-electron chi connectivity index (χ0n) is 14.7. The molecular formula is C19H17ClFN3O2S. The van der Waals surface area contributed by atoms with Gasteiger partial charge in [0.1, 0.15) is 5.82 Å². The van der Waals surface area contributed by atoms with Gasteiger partial charge in [0.15, 0.2) is 11.5 Å². The Morgan fingerprint density at radius 2 is 2.07 bits per heavy atom. The van der Waals surface area contributed by atoms with Crippen LogP contribution in [0.2, 0.25) is 5.02 Å². The van der Waals surface area contributed by atoms with Crippen molar-refractivity contribution in [3.05, 3.63) is 58.2 Å². The standard InChI is InChI=1S/C19H17ClFN3O2S/c1-3-26-17-9-12(8-15(20)18(17)25-2)10-22-24-19-23-16(11-27-19)13-4-6-14(21)7-5-13/h4-11H,3H2,1-2H3,(H,23,24)/b22-10-. The lowest BCUT2D eigenvalue weighted by molar-refractivity contribution is 0.311. The molecule has 1 heterocycles. The number of hydrogen-bond donors (Lipinski definition) is 1. The predicted molar refractivity (Wildman–Crippen MR) is 108 cm³/mol. The second-order valence-corrected chi connectivity index (χ2v) is 6.65. The van der Waals surface area contributed by atoms with Crippen LogP contribution in [0.15, 0.2) is 46.9 Å². The van der Waals surface area contributed by atoms with Crippen LogP contribution in [0.25, 0.3) is 11.3 Å². The Morgan fingerprint density at radius 1 is 1.30 bits per heavy atom. The molecule has 0 aliphatic heterocycles. The summed E-state index contributed by atoms with van der Waals surface area (Å²) in [4.78, 5) is 4.43. The average molecular weight is 406 g/mol. The summed E-state index contributed by atoms with van der Waals surface area (Å²) in [5.41, 5.74) is 5.23. The van der Waals surface area contributed by atoms with Crippen molar-refractivity contribution in [2.24, 2.45) is 5.10 Å². The minimum Gasteiger partial charge on any atom is -0.491 e. The summed E-state index contributed by atoms with van der Waals surface area (Å²) in [7, 11) is 1.54. The molecule has 0 saturated heterocycles. The molecule has 0 amide bonds. The Hall–Kier alpha value is -2.64. The Kier molecular flexibility index (Phi) is 6.26. The van der Waals surface area contributed by atoms with Gasteiger partial charge in [0.25, 0.3) is 0 Å². The fourth-order valence-electron chi connectivity index (χ4n) is 2.36. The molecule has 0 fully saturated rings. The van der Waals surface area contributed by atoms with Crippen molar-refractivity contribution in [2.75, 3.05) is 19.1 Å². The van der Waals surface area contributed by atoms with E-state index in [2.05, 4.69) is 15.5 Å². The number of thiazole rings is 1. The number of methoxy groups -OCH3 is 1. The third kappa shape index (κ3) is 4.75. The molecule has 0 aliphatic carbocycles. The SMILES string of the molecule is CCOc1cc(/C=N\Nc2nc(-c3ccc(F)cc3)cs2)cc(Cl)c1OC. The van der Waals surface area contributed by atoms with Crippen LogP contribution in [0.4, 0.5) is 9.52 Å². The Bertz CT molecular complexity index is 945. The van der Waals surface area contributed by atoms with E-state index in [1.807, 2.05) is 12.3 Å². The minimum atomic E-state index is -0.276. The zero-order chi connectivity index (χ0) is 19.2. The normalized spacial score (nSPS) is 11.0. The van der Waals surface area contributed by atoms with Crippen LogP contribution in [0.1, 0.15) is 12.5 Å². The van der Waals surface area contributed by atoms with Crippen LogP contribution in [-0.2, 0) is 0 Å². The number of benzene rings is 2. The first-order valence-corrected chi connectivity index (χ1v) is 9.37. The van der Waals surface area contributed by atoms with E-state index in [-0.39, 0.29) is 5.82 Å². The number of ether oxygens (including phenoxy) is 2. The van der Waals surface area contributed by atoms with E-state index in [0.717, 1.165) is 16.8 Å². The van der Waals surface area contributed by atoms with Crippen LogP contribution < -0.4 is 14.9 Å². The number of anilines is 1. The molecular weight excluding hydrogens is 389 g/mol. The Morgan fingerprint density at radius 3 is 2.78 bits per heavy atom. The van der Waals surface area contributed by atoms with Crippen molar-refractivity contribution in [3.63, 3.8) is 0 Å². The van der Waals surface area contributed by atoms with Gasteiger partial charge in [-0.15, -0.1) is 11.3 Å². The lowest BCUT2D eigenvalue weighted by Gasteiger charge is -2.11. The maximum Gasteiger partial charge on any atom is 0.203 e. The lowest BCUT2D eigenvalue weighted by atomic mass is 10.2. The number of aromatic nitrogens is 1. The third-order valence-corrected chi connectivity index (χ3v) is 4.58. The van der Waals surface area contributed by atoms with E-state index in [9.17, 15) is 4.39 Å². The van der Waals surface area contributed by atoms with Crippen molar-refractivity contribution in [1.82, 2.24) is 4.98 Å². The Balaban J connectivity index is 1.71. The summed E-state index contributed by atoms with van der Waals surface area (Å²) in [5, 5.41) is 7.13. The molecule has 0 bridgehead atoms. The topological polar surface area (TPSA) is 55.7 Å². The summed E-state index contributed by atoms with van der Waals surface area (Å²) in [5.74, 6) is 0.774. The summed E-state index contributed by atoms with van der Waals surface area (Å²) >= 11 is 7.63. The predicted octanol–water partition coefficient (Wildman–Crippen LogP) is 5.46.